The third-order valence-electron chi connectivity index (χ3n) is 3.99. The highest BCUT2D eigenvalue weighted by atomic mass is 35.5. The third-order valence-corrected chi connectivity index (χ3v) is 3.99. The molecular formula is C15H21ClN4O3. The van der Waals surface area contributed by atoms with Crippen LogP contribution in [0, 0.1) is 0 Å². The zero-order valence-electron chi connectivity index (χ0n) is 13.2. The molecule has 1 atom stereocenters. The number of nitrogens with one attached hydrogen (secondary N) is 2. The van der Waals surface area contributed by atoms with Crippen LogP contribution in [0.2, 0.25) is 0 Å². The van der Waals surface area contributed by atoms with Crippen LogP contribution >= 0.6 is 12.4 Å². The van der Waals surface area contributed by atoms with Crippen LogP contribution in [0.5, 0.6) is 0 Å². The van der Waals surface area contributed by atoms with Gasteiger partial charge in [-0.05, 0) is 18.2 Å². The van der Waals surface area contributed by atoms with Crippen molar-refractivity contribution in [3.8, 4) is 0 Å². The summed E-state index contributed by atoms with van der Waals surface area (Å²) in [4.78, 5) is 24.0. The van der Waals surface area contributed by atoms with E-state index in [2.05, 4.69) is 10.6 Å². The zero-order chi connectivity index (χ0) is 15.7. The molecule has 1 aromatic carbocycles. The number of aryl methyl sites for hydroxylation is 2. The van der Waals surface area contributed by atoms with Gasteiger partial charge in [-0.15, -0.1) is 12.4 Å². The molecular weight excluding hydrogens is 320 g/mol. The van der Waals surface area contributed by atoms with E-state index in [0.29, 0.717) is 25.3 Å². The van der Waals surface area contributed by atoms with Crippen molar-refractivity contribution in [1.29, 1.82) is 0 Å². The van der Waals surface area contributed by atoms with Gasteiger partial charge in [-0.25, -0.2) is 4.79 Å². The smallest absolute Gasteiger partial charge is 0.328 e. The largest absolute Gasteiger partial charge is 0.378 e. The van der Waals surface area contributed by atoms with E-state index in [1.54, 1.807) is 23.2 Å². The molecule has 1 aliphatic heterocycles. The van der Waals surface area contributed by atoms with Gasteiger partial charge in [0.2, 0.25) is 5.91 Å². The van der Waals surface area contributed by atoms with E-state index >= 15 is 0 Å². The first-order valence-corrected chi connectivity index (χ1v) is 7.32. The van der Waals surface area contributed by atoms with Gasteiger partial charge in [0, 0.05) is 38.8 Å². The number of anilines is 1. The molecule has 8 heteroatoms. The molecule has 1 aliphatic rings. The van der Waals surface area contributed by atoms with Crippen molar-refractivity contribution in [2.45, 2.75) is 12.5 Å². The Morgan fingerprint density at radius 2 is 2.09 bits per heavy atom. The van der Waals surface area contributed by atoms with Crippen LogP contribution in [0.3, 0.4) is 0 Å². The standard InChI is InChI=1S/C15H20N4O3.ClH/c1-18-12-4-3-10(7-13(12)19(2)15(18)21)17-14(20)8-11-9-22-6-5-16-11;/h3-4,7,11,16H,5-6,8-9H2,1-2H3,(H,17,20);1H. The Bertz CT molecular complexity index is 762. The number of carbonyl (C=O) groups excluding carboxylic acids is 1. The van der Waals surface area contributed by atoms with Crippen LogP contribution in [0.25, 0.3) is 11.0 Å². The lowest BCUT2D eigenvalue weighted by atomic mass is 10.2. The SMILES string of the molecule is Cl.Cn1c(=O)n(C)c2cc(NC(=O)CC3COCCN3)ccc21. The molecule has 0 saturated carbocycles. The Balaban J connectivity index is 0.00000192. The van der Waals surface area contributed by atoms with Crippen LogP contribution < -0.4 is 16.3 Å². The predicted molar refractivity (Wildman–Crippen MR) is 91.3 cm³/mol. The van der Waals surface area contributed by atoms with Crippen molar-refractivity contribution in [3.05, 3.63) is 28.7 Å². The molecule has 0 bridgehead atoms. The Morgan fingerprint density at radius 3 is 2.78 bits per heavy atom. The number of morpholine rings is 1. The molecule has 126 valence electrons. The number of hydrogen-bond donors (Lipinski definition) is 2. The Kier molecular flexibility index (Phi) is 5.46. The van der Waals surface area contributed by atoms with Crippen molar-refractivity contribution in [3.63, 3.8) is 0 Å². The minimum atomic E-state index is -0.0815. The summed E-state index contributed by atoms with van der Waals surface area (Å²) in [5.74, 6) is -0.0664. The lowest BCUT2D eigenvalue weighted by Gasteiger charge is -2.23. The van der Waals surface area contributed by atoms with Crippen molar-refractivity contribution in [2.24, 2.45) is 14.1 Å². The lowest BCUT2D eigenvalue weighted by molar-refractivity contribution is -0.117. The summed E-state index contributed by atoms with van der Waals surface area (Å²) in [5.41, 5.74) is 2.25. The average molecular weight is 341 g/mol. The maximum absolute atomic E-state index is 12.1. The zero-order valence-corrected chi connectivity index (χ0v) is 14.0. The lowest BCUT2D eigenvalue weighted by Crippen LogP contribution is -2.43. The van der Waals surface area contributed by atoms with Gasteiger partial charge in [0.15, 0.2) is 0 Å². The van der Waals surface area contributed by atoms with Crippen LogP contribution in [-0.4, -0.2) is 40.8 Å². The van der Waals surface area contributed by atoms with Crippen molar-refractivity contribution in [2.75, 3.05) is 25.1 Å². The van der Waals surface area contributed by atoms with Gasteiger partial charge in [-0.1, -0.05) is 0 Å². The molecule has 2 heterocycles. The number of hydrogen-bond acceptors (Lipinski definition) is 4. The van der Waals surface area contributed by atoms with Gasteiger partial charge in [0.1, 0.15) is 0 Å². The maximum Gasteiger partial charge on any atom is 0.328 e. The van der Waals surface area contributed by atoms with Crippen LogP contribution in [-0.2, 0) is 23.6 Å². The first-order chi connectivity index (χ1) is 10.6. The van der Waals surface area contributed by atoms with E-state index in [1.807, 2.05) is 18.2 Å². The molecule has 0 spiro atoms. The van der Waals surface area contributed by atoms with Gasteiger partial charge in [0.05, 0.1) is 24.2 Å². The van der Waals surface area contributed by atoms with Crippen molar-refractivity contribution in [1.82, 2.24) is 14.5 Å². The normalized spacial score (nSPS) is 17.7. The van der Waals surface area contributed by atoms with Crippen LogP contribution in [0.1, 0.15) is 6.42 Å². The molecule has 0 aliphatic carbocycles. The summed E-state index contributed by atoms with van der Waals surface area (Å²) in [5, 5.41) is 6.13. The fourth-order valence-electron chi connectivity index (χ4n) is 2.77. The fraction of sp³-hybridized carbons (Fsp3) is 0.467. The summed E-state index contributed by atoms with van der Waals surface area (Å²) in [6.07, 6.45) is 0.367. The first kappa shape index (κ1) is 17.5. The van der Waals surface area contributed by atoms with Crippen molar-refractivity contribution >= 4 is 35.0 Å². The highest BCUT2D eigenvalue weighted by molar-refractivity contribution is 5.93. The number of benzene rings is 1. The maximum atomic E-state index is 12.1. The minimum absolute atomic E-state index is 0. The predicted octanol–water partition coefficient (Wildman–Crippen LogP) is 0.616. The summed E-state index contributed by atoms with van der Waals surface area (Å²) < 4.78 is 8.50. The summed E-state index contributed by atoms with van der Waals surface area (Å²) in [7, 11) is 3.46. The van der Waals surface area contributed by atoms with Gasteiger partial charge in [0.25, 0.3) is 0 Å². The van der Waals surface area contributed by atoms with E-state index in [4.69, 9.17) is 4.74 Å². The molecule has 1 amide bonds. The van der Waals surface area contributed by atoms with E-state index in [0.717, 1.165) is 17.6 Å². The summed E-state index contributed by atoms with van der Waals surface area (Å²) >= 11 is 0. The Morgan fingerprint density at radius 1 is 1.35 bits per heavy atom. The van der Waals surface area contributed by atoms with E-state index in [-0.39, 0.29) is 30.0 Å². The number of fused-ring (bicyclic) bond motifs is 1. The number of ether oxygens (including phenoxy) is 1. The van der Waals surface area contributed by atoms with Crippen LogP contribution in [0.15, 0.2) is 23.0 Å². The molecule has 1 fully saturated rings. The highest BCUT2D eigenvalue weighted by Gasteiger charge is 2.17. The monoisotopic (exact) mass is 340 g/mol. The van der Waals surface area contributed by atoms with E-state index in [1.165, 1.54) is 0 Å². The van der Waals surface area contributed by atoms with Gasteiger partial charge < -0.3 is 15.4 Å². The molecule has 7 nitrogen and oxygen atoms in total. The molecule has 1 unspecified atom stereocenters. The van der Waals surface area contributed by atoms with Crippen molar-refractivity contribution < 1.29 is 9.53 Å². The topological polar surface area (TPSA) is 77.3 Å². The summed E-state index contributed by atoms with van der Waals surface area (Å²) in [6, 6.07) is 5.52. The molecule has 23 heavy (non-hydrogen) atoms. The molecule has 1 aromatic heterocycles. The second kappa shape index (κ2) is 7.16. The molecule has 0 radical (unpaired) electrons. The number of rotatable bonds is 3. The molecule has 1 saturated heterocycles. The number of aromatic nitrogens is 2. The number of halogens is 1. The molecule has 3 rings (SSSR count). The van der Waals surface area contributed by atoms with Gasteiger partial charge >= 0.3 is 5.69 Å². The minimum Gasteiger partial charge on any atom is -0.378 e. The van der Waals surface area contributed by atoms with E-state index < -0.39 is 0 Å². The number of carbonyl (C=O) groups is 1. The second-order valence-corrected chi connectivity index (χ2v) is 5.58. The van der Waals surface area contributed by atoms with Gasteiger partial charge in [-0.3, -0.25) is 13.9 Å². The number of nitrogens with zero attached hydrogens (tertiary/aromatic N) is 2. The first-order valence-electron chi connectivity index (χ1n) is 7.32. The van der Waals surface area contributed by atoms with Gasteiger partial charge in [-0.2, -0.15) is 0 Å². The Hall–Kier alpha value is -1.83. The Labute approximate surface area is 140 Å². The van der Waals surface area contributed by atoms with E-state index in [9.17, 15) is 9.59 Å². The highest BCUT2D eigenvalue weighted by Crippen LogP contribution is 2.18. The third kappa shape index (κ3) is 3.57. The quantitative estimate of drug-likeness (QED) is 0.858. The second-order valence-electron chi connectivity index (χ2n) is 5.58. The number of imidazole rings is 1. The fourth-order valence-corrected chi connectivity index (χ4v) is 2.77. The number of amides is 1. The summed E-state index contributed by atoms with van der Waals surface area (Å²) in [6.45, 7) is 2.02. The van der Waals surface area contributed by atoms with Crippen LogP contribution in [0.4, 0.5) is 5.69 Å². The molecule has 2 N–H and O–H groups in total. The molecule has 2 aromatic rings. The average Bonchev–Trinajstić information content (AvgIpc) is 2.73.